The number of carbonyl (C=O) groups excluding carboxylic acids is 1. The third kappa shape index (κ3) is 3.37. The number of amides is 1. The number of aromatic nitrogens is 2. The van der Waals surface area contributed by atoms with Crippen molar-refractivity contribution in [2.24, 2.45) is 0 Å². The second kappa shape index (κ2) is 6.84. The van der Waals surface area contributed by atoms with E-state index in [1.54, 1.807) is 22.6 Å². The van der Waals surface area contributed by atoms with E-state index in [0.29, 0.717) is 6.54 Å². The molecule has 25 heavy (non-hydrogen) atoms. The van der Waals surface area contributed by atoms with E-state index in [1.807, 2.05) is 18.0 Å². The van der Waals surface area contributed by atoms with Crippen molar-refractivity contribution in [3.05, 3.63) is 40.9 Å². The molecule has 0 aliphatic carbocycles. The van der Waals surface area contributed by atoms with Gasteiger partial charge in [0, 0.05) is 44.2 Å². The maximum Gasteiger partial charge on any atom is 0.241 e. The smallest absolute Gasteiger partial charge is 0.241 e. The molecule has 1 saturated heterocycles. The Hall–Kier alpha value is -2.41. The number of nitrogens with zero attached hydrogens (tertiary/aromatic N) is 5. The molecule has 0 aromatic carbocycles. The number of thiophene rings is 1. The van der Waals surface area contributed by atoms with Gasteiger partial charge in [-0.05, 0) is 23.4 Å². The number of rotatable bonds is 3. The van der Waals surface area contributed by atoms with Crippen molar-refractivity contribution in [3.63, 3.8) is 0 Å². The molecule has 0 saturated carbocycles. The lowest BCUT2D eigenvalue weighted by Gasteiger charge is -2.33. The zero-order valence-corrected chi connectivity index (χ0v) is 15.1. The minimum absolute atomic E-state index is 0.132. The normalized spacial score (nSPS) is 18.5. The third-order valence-electron chi connectivity index (χ3n) is 4.79. The van der Waals surface area contributed by atoms with Gasteiger partial charge in [0.2, 0.25) is 5.91 Å². The topological polar surface area (TPSA) is 52.6 Å². The molecule has 2 aliphatic heterocycles. The second-order valence-electron chi connectivity index (χ2n) is 6.37. The van der Waals surface area contributed by atoms with Crippen LogP contribution in [0.4, 0.5) is 11.6 Å². The van der Waals surface area contributed by atoms with E-state index in [1.165, 1.54) is 10.5 Å². The molecule has 2 aromatic heterocycles. The Morgan fingerprint density at radius 3 is 2.64 bits per heavy atom. The van der Waals surface area contributed by atoms with Crippen molar-refractivity contribution in [1.29, 1.82) is 0 Å². The molecule has 6 nitrogen and oxygen atoms in total. The molecule has 1 fully saturated rings. The van der Waals surface area contributed by atoms with Crippen molar-refractivity contribution >= 4 is 34.5 Å². The predicted molar refractivity (Wildman–Crippen MR) is 101 cm³/mol. The Morgan fingerprint density at radius 2 is 1.96 bits per heavy atom. The fourth-order valence-corrected chi connectivity index (χ4v) is 4.00. The van der Waals surface area contributed by atoms with E-state index >= 15 is 0 Å². The zero-order valence-electron chi connectivity index (χ0n) is 14.3. The lowest BCUT2D eigenvalue weighted by Crippen LogP contribution is -2.48. The van der Waals surface area contributed by atoms with Gasteiger partial charge in [0.25, 0.3) is 0 Å². The number of hydrogen-bond acceptors (Lipinski definition) is 6. The number of likely N-dealkylation sites (N-methyl/N-ethyl adjacent to an activating group) is 1. The van der Waals surface area contributed by atoms with Gasteiger partial charge in [0.05, 0.1) is 6.54 Å². The first-order valence-corrected chi connectivity index (χ1v) is 9.37. The van der Waals surface area contributed by atoms with E-state index < -0.39 is 0 Å². The van der Waals surface area contributed by atoms with Crippen LogP contribution < -0.4 is 9.80 Å². The number of piperazine rings is 1. The van der Waals surface area contributed by atoms with Crippen molar-refractivity contribution in [2.45, 2.75) is 6.42 Å². The number of carbonyl (C=O) groups is 1. The molecule has 0 spiro atoms. The molecule has 2 aromatic rings. The van der Waals surface area contributed by atoms with Crippen LogP contribution in [0.5, 0.6) is 0 Å². The van der Waals surface area contributed by atoms with Gasteiger partial charge in [-0.25, -0.2) is 9.97 Å². The minimum atomic E-state index is 0.132. The average Bonchev–Trinajstić information content (AvgIpc) is 3.19. The minimum Gasteiger partial charge on any atom is -0.352 e. The highest BCUT2D eigenvalue weighted by Crippen LogP contribution is 2.28. The molecule has 0 radical (unpaired) electrons. The van der Waals surface area contributed by atoms with Crippen molar-refractivity contribution < 1.29 is 4.79 Å². The average molecular weight is 355 g/mol. The maximum atomic E-state index is 11.9. The SMILES string of the molecule is CN1CCN(c2cc(N3CC=C(c4cccs4)CC3)ncn2)CC1=O. The summed E-state index contributed by atoms with van der Waals surface area (Å²) < 4.78 is 0. The Morgan fingerprint density at radius 1 is 1.12 bits per heavy atom. The van der Waals surface area contributed by atoms with Crippen LogP contribution in [-0.2, 0) is 4.79 Å². The molecule has 2 aliphatic rings. The molecular formula is C18H21N5OS. The van der Waals surface area contributed by atoms with Crippen LogP contribution in [0.25, 0.3) is 5.57 Å². The van der Waals surface area contributed by atoms with Crippen LogP contribution in [0.1, 0.15) is 11.3 Å². The summed E-state index contributed by atoms with van der Waals surface area (Å²) in [4.78, 5) is 28.2. The largest absolute Gasteiger partial charge is 0.352 e. The van der Waals surface area contributed by atoms with Crippen LogP contribution in [0.3, 0.4) is 0 Å². The highest BCUT2D eigenvalue weighted by atomic mass is 32.1. The van der Waals surface area contributed by atoms with Gasteiger partial charge in [-0.15, -0.1) is 11.3 Å². The van der Waals surface area contributed by atoms with Crippen LogP contribution in [0.15, 0.2) is 36.0 Å². The van der Waals surface area contributed by atoms with E-state index in [2.05, 4.69) is 38.5 Å². The summed E-state index contributed by atoms with van der Waals surface area (Å²) in [5, 5.41) is 2.12. The quantitative estimate of drug-likeness (QED) is 0.844. The van der Waals surface area contributed by atoms with Crippen molar-refractivity contribution in [3.8, 4) is 0 Å². The Labute approximate surface area is 151 Å². The molecule has 0 N–H and O–H groups in total. The highest BCUT2D eigenvalue weighted by Gasteiger charge is 2.23. The van der Waals surface area contributed by atoms with E-state index in [9.17, 15) is 4.79 Å². The van der Waals surface area contributed by atoms with Crippen molar-refractivity contribution in [1.82, 2.24) is 14.9 Å². The molecule has 0 bridgehead atoms. The molecule has 0 unspecified atom stereocenters. The molecule has 1 amide bonds. The lowest BCUT2D eigenvalue weighted by molar-refractivity contribution is -0.129. The zero-order chi connectivity index (χ0) is 17.2. The van der Waals surface area contributed by atoms with Crippen LogP contribution in [-0.4, -0.2) is 60.5 Å². The second-order valence-corrected chi connectivity index (χ2v) is 7.32. The summed E-state index contributed by atoms with van der Waals surface area (Å²) in [7, 11) is 1.84. The van der Waals surface area contributed by atoms with Gasteiger partial charge < -0.3 is 14.7 Å². The fraction of sp³-hybridized carbons (Fsp3) is 0.389. The number of anilines is 2. The first-order chi connectivity index (χ1) is 12.2. The Kier molecular flexibility index (Phi) is 4.40. The third-order valence-corrected chi connectivity index (χ3v) is 5.74. The molecule has 7 heteroatoms. The van der Waals surface area contributed by atoms with Gasteiger partial charge in [-0.3, -0.25) is 4.79 Å². The summed E-state index contributed by atoms with van der Waals surface area (Å²) in [5.41, 5.74) is 1.42. The van der Waals surface area contributed by atoms with Gasteiger partial charge in [-0.2, -0.15) is 0 Å². The van der Waals surface area contributed by atoms with Gasteiger partial charge in [-0.1, -0.05) is 12.1 Å². The van der Waals surface area contributed by atoms with E-state index in [-0.39, 0.29) is 5.91 Å². The fourth-order valence-electron chi connectivity index (χ4n) is 3.20. The number of hydrogen-bond donors (Lipinski definition) is 0. The molecule has 4 heterocycles. The molecule has 0 atom stereocenters. The first kappa shape index (κ1) is 16.1. The summed E-state index contributed by atoms with van der Waals surface area (Å²) in [6, 6.07) is 6.28. The molecule has 130 valence electrons. The van der Waals surface area contributed by atoms with Gasteiger partial charge in [0.15, 0.2) is 0 Å². The predicted octanol–water partition coefficient (Wildman–Crippen LogP) is 2.11. The monoisotopic (exact) mass is 355 g/mol. The first-order valence-electron chi connectivity index (χ1n) is 8.49. The lowest BCUT2D eigenvalue weighted by atomic mass is 10.1. The maximum absolute atomic E-state index is 11.9. The van der Waals surface area contributed by atoms with Gasteiger partial charge >= 0.3 is 0 Å². The van der Waals surface area contributed by atoms with Crippen LogP contribution in [0.2, 0.25) is 0 Å². The standard InChI is InChI=1S/C18H21N5OS/c1-21-8-9-23(12-18(21)24)17-11-16(19-13-20-17)22-6-4-14(5-7-22)15-3-2-10-25-15/h2-4,10-11,13H,5-9,12H2,1H3. The Balaban J connectivity index is 1.48. The van der Waals surface area contributed by atoms with E-state index in [4.69, 9.17) is 0 Å². The van der Waals surface area contributed by atoms with Gasteiger partial charge in [0.1, 0.15) is 18.0 Å². The van der Waals surface area contributed by atoms with Crippen molar-refractivity contribution in [2.75, 3.05) is 49.6 Å². The van der Waals surface area contributed by atoms with Crippen LogP contribution >= 0.6 is 11.3 Å². The summed E-state index contributed by atoms with van der Waals surface area (Å²) in [6.45, 7) is 3.72. The summed E-state index contributed by atoms with van der Waals surface area (Å²) in [6.07, 6.45) is 4.91. The Bertz CT molecular complexity index is 789. The molecular weight excluding hydrogens is 334 g/mol. The summed E-state index contributed by atoms with van der Waals surface area (Å²) >= 11 is 1.79. The van der Waals surface area contributed by atoms with E-state index in [0.717, 1.165) is 44.2 Å². The summed E-state index contributed by atoms with van der Waals surface area (Å²) in [5.74, 6) is 1.89. The van der Waals surface area contributed by atoms with Crippen LogP contribution in [0, 0.1) is 0 Å². The molecule has 4 rings (SSSR count). The highest BCUT2D eigenvalue weighted by molar-refractivity contribution is 7.11.